The summed E-state index contributed by atoms with van der Waals surface area (Å²) in [5.74, 6) is -0.613. The van der Waals surface area contributed by atoms with Crippen LogP contribution in [0.5, 0.6) is 5.75 Å². The summed E-state index contributed by atoms with van der Waals surface area (Å²) in [6, 6.07) is 19.5. The Labute approximate surface area is 320 Å². The molecule has 1 atom stereocenters. The van der Waals surface area contributed by atoms with Gasteiger partial charge in [-0.1, -0.05) is 29.5 Å². The third kappa shape index (κ3) is 7.33. The van der Waals surface area contributed by atoms with Crippen LogP contribution in [0, 0.1) is 5.41 Å². The number of aromatic amines is 1. The van der Waals surface area contributed by atoms with E-state index in [1.54, 1.807) is 24.3 Å². The van der Waals surface area contributed by atoms with Gasteiger partial charge in [0.15, 0.2) is 0 Å². The SMILES string of the molecule is O=C(OC1CCC2(CC1)CCN(CCn1nnc3cc(CNC[C@H](O)c4ccc(O)c5[nH]c(=O)ccc45)ccc31)CC2)C(O)(c1cccs1)c1cccs1. The summed E-state index contributed by atoms with van der Waals surface area (Å²) in [5.41, 5.74) is 1.95. The van der Waals surface area contributed by atoms with E-state index >= 15 is 0 Å². The topological polar surface area (TPSA) is 166 Å². The number of phenols is 1. The second-order valence-electron chi connectivity index (χ2n) is 14.7. The van der Waals surface area contributed by atoms with Crippen LogP contribution in [0.4, 0.5) is 0 Å². The fourth-order valence-corrected chi connectivity index (χ4v) is 9.86. The highest BCUT2D eigenvalue weighted by Gasteiger charge is 2.46. The lowest BCUT2D eigenvalue weighted by Crippen LogP contribution is -2.45. The smallest absolute Gasteiger partial charge is 0.349 e. The van der Waals surface area contributed by atoms with Gasteiger partial charge in [-0.3, -0.25) is 4.79 Å². The van der Waals surface area contributed by atoms with Gasteiger partial charge >= 0.3 is 5.97 Å². The first-order valence-electron chi connectivity index (χ1n) is 18.5. The summed E-state index contributed by atoms with van der Waals surface area (Å²) in [7, 11) is 0. The maximum absolute atomic E-state index is 13.5. The molecule has 2 aromatic carbocycles. The molecule has 282 valence electrons. The zero-order valence-corrected chi connectivity index (χ0v) is 31.5. The quantitative estimate of drug-likeness (QED) is 0.101. The molecular weight excluding hydrogens is 725 g/mol. The maximum Gasteiger partial charge on any atom is 0.349 e. The van der Waals surface area contributed by atoms with E-state index in [2.05, 4.69) is 25.5 Å². The standard InChI is InChI=1S/C40H44N6O6S2/c47-32-9-6-28(29-7-10-36(49)42-37(29)32)33(48)25-41-24-26-5-8-31-30(23-26)43-44-46(31)20-19-45-17-15-39(16-18-45)13-11-27(12-14-39)52-38(50)40(51,34-3-1-21-53-34)35-4-2-22-54-35/h1-10,21-23,27,33,41,47-48,51H,11-20,24-25H2,(H,42,49)/t33-/m0/s1. The van der Waals surface area contributed by atoms with Gasteiger partial charge in [-0.05, 0) is 115 Å². The molecular formula is C40H44N6O6S2. The number of nitrogens with zero attached hydrogens (tertiary/aromatic N) is 4. The van der Waals surface area contributed by atoms with Crippen LogP contribution in [0.25, 0.3) is 21.9 Å². The molecule has 1 aliphatic carbocycles. The van der Waals surface area contributed by atoms with Crippen molar-refractivity contribution in [3.05, 3.63) is 109 Å². The summed E-state index contributed by atoms with van der Waals surface area (Å²) >= 11 is 2.73. The Kier molecular flexibility index (Phi) is 10.4. The number of H-pyrrole nitrogens is 1. The molecule has 1 saturated heterocycles. The molecule has 5 N–H and O–H groups in total. The number of hydrogen-bond acceptors (Lipinski definition) is 12. The minimum Gasteiger partial charge on any atom is -0.506 e. The molecule has 14 heteroatoms. The first-order valence-corrected chi connectivity index (χ1v) is 20.3. The van der Waals surface area contributed by atoms with Crippen LogP contribution in [0.15, 0.2) is 82.3 Å². The molecule has 6 aromatic rings. The molecule has 0 radical (unpaired) electrons. The lowest BCUT2D eigenvalue weighted by atomic mass is 9.67. The van der Waals surface area contributed by atoms with Gasteiger partial charge in [0.05, 0.1) is 33.4 Å². The number of fused-ring (bicyclic) bond motifs is 2. The van der Waals surface area contributed by atoms with Crippen molar-refractivity contribution in [3.63, 3.8) is 0 Å². The largest absolute Gasteiger partial charge is 0.506 e. The zero-order chi connectivity index (χ0) is 37.3. The first-order chi connectivity index (χ1) is 26.2. The minimum atomic E-state index is -1.76. The molecule has 4 aromatic heterocycles. The molecule has 12 nitrogen and oxygen atoms in total. The molecule has 2 fully saturated rings. The van der Waals surface area contributed by atoms with Crippen LogP contribution in [0.1, 0.15) is 65.5 Å². The van der Waals surface area contributed by atoms with Gasteiger partial charge in [0.1, 0.15) is 17.4 Å². The van der Waals surface area contributed by atoms with Crippen LogP contribution < -0.4 is 10.9 Å². The molecule has 54 heavy (non-hydrogen) atoms. The number of aromatic nitrogens is 4. The highest BCUT2D eigenvalue weighted by molar-refractivity contribution is 7.12. The van der Waals surface area contributed by atoms with Crippen molar-refractivity contribution in [2.24, 2.45) is 5.41 Å². The maximum atomic E-state index is 13.5. The van der Waals surface area contributed by atoms with Crippen molar-refractivity contribution in [1.29, 1.82) is 0 Å². The second kappa shape index (κ2) is 15.4. The van der Waals surface area contributed by atoms with Crippen molar-refractivity contribution in [1.82, 2.24) is 30.2 Å². The number of aliphatic hydroxyl groups excluding tert-OH is 1. The van der Waals surface area contributed by atoms with Crippen molar-refractivity contribution in [3.8, 4) is 5.75 Å². The lowest BCUT2D eigenvalue weighted by Gasteiger charge is -2.46. The van der Waals surface area contributed by atoms with E-state index < -0.39 is 17.7 Å². The summed E-state index contributed by atoms with van der Waals surface area (Å²) in [6.07, 6.45) is 4.90. The Morgan fingerprint density at radius 3 is 2.44 bits per heavy atom. The lowest BCUT2D eigenvalue weighted by molar-refractivity contribution is -0.170. The van der Waals surface area contributed by atoms with Crippen LogP contribution in [0.2, 0.25) is 0 Å². The van der Waals surface area contributed by atoms with Gasteiger partial charge < -0.3 is 35.3 Å². The summed E-state index contributed by atoms with van der Waals surface area (Å²) < 4.78 is 7.98. The number of pyridine rings is 1. The second-order valence-corrected chi connectivity index (χ2v) is 16.6. The monoisotopic (exact) mass is 768 g/mol. The van der Waals surface area contributed by atoms with E-state index in [0.717, 1.165) is 81.3 Å². The molecule has 0 bridgehead atoms. The number of phenolic OH excluding ortho intramolecular Hbond substituents is 1. The van der Waals surface area contributed by atoms with Crippen molar-refractivity contribution < 1.29 is 24.9 Å². The van der Waals surface area contributed by atoms with Gasteiger partial charge in [-0.2, -0.15) is 0 Å². The molecule has 0 amide bonds. The molecule has 1 spiro atoms. The average molecular weight is 769 g/mol. The Morgan fingerprint density at radius 2 is 1.74 bits per heavy atom. The third-order valence-corrected chi connectivity index (χ3v) is 13.3. The van der Waals surface area contributed by atoms with E-state index in [0.29, 0.717) is 32.8 Å². The number of hydrogen-bond donors (Lipinski definition) is 5. The van der Waals surface area contributed by atoms with E-state index in [-0.39, 0.29) is 29.4 Å². The Balaban J connectivity index is 0.794. The van der Waals surface area contributed by atoms with Crippen LogP contribution in [0.3, 0.4) is 0 Å². The Hall–Kier alpha value is -4.44. The summed E-state index contributed by atoms with van der Waals surface area (Å²) in [6.45, 7) is 4.48. The van der Waals surface area contributed by atoms with E-state index in [1.807, 2.05) is 45.8 Å². The Morgan fingerprint density at radius 1 is 1.00 bits per heavy atom. The third-order valence-electron chi connectivity index (χ3n) is 11.4. The van der Waals surface area contributed by atoms with Crippen molar-refractivity contribution in [2.45, 2.75) is 69.4 Å². The predicted molar refractivity (Wildman–Crippen MR) is 209 cm³/mol. The number of likely N-dealkylation sites (tertiary alicyclic amines) is 1. The molecule has 2 aliphatic rings. The van der Waals surface area contributed by atoms with Crippen LogP contribution in [-0.4, -0.2) is 78.4 Å². The number of ether oxygens (including phenoxy) is 1. The van der Waals surface area contributed by atoms with Crippen LogP contribution >= 0.6 is 22.7 Å². The number of carbonyl (C=O) groups is 1. The molecule has 5 heterocycles. The molecule has 0 unspecified atom stereocenters. The molecule has 8 rings (SSSR count). The number of rotatable bonds is 12. The number of nitrogens with one attached hydrogen (secondary N) is 2. The van der Waals surface area contributed by atoms with E-state index in [9.17, 15) is 24.9 Å². The summed E-state index contributed by atoms with van der Waals surface area (Å²) in [5, 5.41) is 49.2. The van der Waals surface area contributed by atoms with Gasteiger partial charge in [0.25, 0.3) is 0 Å². The van der Waals surface area contributed by atoms with Crippen molar-refractivity contribution >= 4 is 50.6 Å². The number of aliphatic hydroxyl groups is 2. The number of aromatic hydroxyl groups is 1. The molecule has 1 saturated carbocycles. The minimum absolute atomic E-state index is 0.0374. The number of thiophene rings is 2. The van der Waals surface area contributed by atoms with Gasteiger partial charge in [0.2, 0.25) is 11.2 Å². The zero-order valence-electron chi connectivity index (χ0n) is 29.8. The van der Waals surface area contributed by atoms with Gasteiger partial charge in [-0.25, -0.2) is 9.48 Å². The molecule has 1 aliphatic heterocycles. The van der Waals surface area contributed by atoms with Crippen molar-refractivity contribution in [2.75, 3.05) is 26.2 Å². The fourth-order valence-electron chi connectivity index (χ4n) is 8.14. The number of benzene rings is 2. The van der Waals surface area contributed by atoms with Gasteiger partial charge in [0, 0.05) is 31.1 Å². The normalized spacial score (nSPS) is 17.4. The number of carbonyl (C=O) groups excluding carboxylic acids is 1. The number of esters is 1. The highest BCUT2D eigenvalue weighted by atomic mass is 32.1. The van der Waals surface area contributed by atoms with Crippen LogP contribution in [-0.2, 0) is 28.2 Å². The summed E-state index contributed by atoms with van der Waals surface area (Å²) in [4.78, 5) is 31.5. The van der Waals surface area contributed by atoms with E-state index in [4.69, 9.17) is 4.74 Å². The highest BCUT2D eigenvalue weighted by Crippen LogP contribution is 2.46. The first kappa shape index (κ1) is 36.5. The Bertz CT molecular complexity index is 2230. The fraction of sp³-hybridized carbons (Fsp3) is 0.400. The number of piperidine rings is 1. The predicted octanol–water partition coefficient (Wildman–Crippen LogP) is 5.43. The average Bonchev–Trinajstić information content (AvgIpc) is 4.00. The van der Waals surface area contributed by atoms with E-state index in [1.165, 1.54) is 34.8 Å². The van der Waals surface area contributed by atoms with Gasteiger partial charge in [-0.15, -0.1) is 27.8 Å².